The maximum Gasteiger partial charge on any atom is 0.0795 e. The first kappa shape index (κ1) is 17.2. The molecule has 1 nitrogen and oxygen atoms in total. The highest BCUT2D eigenvalue weighted by atomic mass is 16.3. The second-order valence-electron chi connectivity index (χ2n) is 5.88. The lowest BCUT2D eigenvalue weighted by molar-refractivity contribution is 0.164. The Bertz CT molecular complexity index is 368. The van der Waals surface area contributed by atoms with Crippen molar-refractivity contribution in [3.8, 4) is 0 Å². The minimum atomic E-state index is -0.279. The quantitative estimate of drug-likeness (QED) is 0.642. The number of rotatable bonds is 9. The van der Waals surface area contributed by atoms with E-state index in [1.165, 1.54) is 28.7 Å². The van der Waals surface area contributed by atoms with Gasteiger partial charge in [0.25, 0.3) is 0 Å². The van der Waals surface area contributed by atoms with Gasteiger partial charge in [-0.25, -0.2) is 0 Å². The molecule has 114 valence electrons. The summed E-state index contributed by atoms with van der Waals surface area (Å²) in [6.07, 6.45) is 8.44. The van der Waals surface area contributed by atoms with Gasteiger partial charge < -0.3 is 5.11 Å². The van der Waals surface area contributed by atoms with Crippen LogP contribution >= 0.6 is 0 Å². The molecular formula is C19H32O. The Morgan fingerprint density at radius 1 is 0.800 bits per heavy atom. The molecule has 1 rings (SSSR count). The Labute approximate surface area is 125 Å². The fraction of sp³-hybridized carbons (Fsp3) is 0.684. The summed E-state index contributed by atoms with van der Waals surface area (Å²) < 4.78 is 0. The van der Waals surface area contributed by atoms with E-state index in [0.717, 1.165) is 44.9 Å². The highest BCUT2D eigenvalue weighted by Gasteiger charge is 2.17. The van der Waals surface area contributed by atoms with Crippen LogP contribution in [0.3, 0.4) is 0 Å². The molecule has 1 aromatic carbocycles. The summed E-state index contributed by atoms with van der Waals surface area (Å²) in [5, 5.41) is 10.6. The summed E-state index contributed by atoms with van der Waals surface area (Å²) in [6.45, 7) is 8.83. The van der Waals surface area contributed by atoms with Crippen molar-refractivity contribution in [2.45, 2.75) is 85.2 Å². The second-order valence-corrected chi connectivity index (χ2v) is 5.88. The number of aliphatic hydroxyl groups excluding tert-OH is 1. The molecule has 20 heavy (non-hydrogen) atoms. The average Bonchev–Trinajstić information content (AvgIpc) is 2.40. The molecular weight excluding hydrogens is 244 g/mol. The normalized spacial score (nSPS) is 12.7. The minimum absolute atomic E-state index is 0.279. The fourth-order valence-corrected chi connectivity index (χ4v) is 3.08. The number of aryl methyl sites for hydroxylation is 3. The van der Waals surface area contributed by atoms with Crippen LogP contribution in [-0.4, -0.2) is 5.11 Å². The van der Waals surface area contributed by atoms with Crippen LogP contribution in [0.1, 0.15) is 88.2 Å². The van der Waals surface area contributed by atoms with Crippen LogP contribution in [0.4, 0.5) is 0 Å². The van der Waals surface area contributed by atoms with Crippen molar-refractivity contribution in [3.63, 3.8) is 0 Å². The van der Waals surface area contributed by atoms with Crippen LogP contribution in [0.15, 0.2) is 12.1 Å². The Balaban J connectivity index is 3.25. The van der Waals surface area contributed by atoms with Gasteiger partial charge in [0.2, 0.25) is 0 Å². The molecule has 1 aromatic rings. The first-order valence-corrected chi connectivity index (χ1v) is 8.50. The first-order chi connectivity index (χ1) is 9.67. The zero-order chi connectivity index (χ0) is 15.0. The molecule has 1 N–H and O–H groups in total. The summed E-state index contributed by atoms with van der Waals surface area (Å²) in [4.78, 5) is 0. The predicted molar refractivity (Wildman–Crippen MR) is 88.3 cm³/mol. The van der Waals surface area contributed by atoms with Crippen LogP contribution < -0.4 is 0 Å². The van der Waals surface area contributed by atoms with Gasteiger partial charge in [0, 0.05) is 0 Å². The summed E-state index contributed by atoms with van der Waals surface area (Å²) in [6, 6.07) is 4.70. The van der Waals surface area contributed by atoms with Gasteiger partial charge in [-0.05, 0) is 47.9 Å². The number of hydrogen-bond donors (Lipinski definition) is 1. The van der Waals surface area contributed by atoms with E-state index in [1.807, 2.05) is 0 Å². The maximum atomic E-state index is 10.6. The lowest BCUT2D eigenvalue weighted by Crippen LogP contribution is -2.08. The van der Waals surface area contributed by atoms with Gasteiger partial charge in [-0.15, -0.1) is 0 Å². The molecule has 0 bridgehead atoms. The van der Waals surface area contributed by atoms with Gasteiger partial charge in [-0.2, -0.15) is 0 Å². The Morgan fingerprint density at radius 3 is 1.70 bits per heavy atom. The van der Waals surface area contributed by atoms with Gasteiger partial charge in [-0.3, -0.25) is 0 Å². The molecule has 0 heterocycles. The van der Waals surface area contributed by atoms with E-state index < -0.39 is 0 Å². The van der Waals surface area contributed by atoms with Crippen LogP contribution in [0.2, 0.25) is 0 Å². The number of benzene rings is 1. The molecule has 0 aliphatic heterocycles. The third-order valence-corrected chi connectivity index (χ3v) is 3.88. The third kappa shape index (κ3) is 4.63. The van der Waals surface area contributed by atoms with Crippen molar-refractivity contribution in [1.29, 1.82) is 0 Å². The number of hydrogen-bond acceptors (Lipinski definition) is 1. The smallest absolute Gasteiger partial charge is 0.0795 e. The second kappa shape index (κ2) is 9.18. The summed E-state index contributed by atoms with van der Waals surface area (Å²) in [5.74, 6) is 0. The Morgan fingerprint density at radius 2 is 1.30 bits per heavy atom. The number of aliphatic hydroxyl groups is 1. The van der Waals surface area contributed by atoms with Crippen molar-refractivity contribution in [2.75, 3.05) is 0 Å². The molecule has 1 unspecified atom stereocenters. The SMILES string of the molecule is CCCc1cc(CCC)c(C(O)CCC)c(CCC)c1. The average molecular weight is 276 g/mol. The standard InChI is InChI=1S/C19H32O/c1-5-9-15-13-16(10-6-2)19(18(20)12-8-4)17(14-15)11-7-3/h13-14,18,20H,5-12H2,1-4H3. The summed E-state index contributed by atoms with van der Waals surface area (Å²) in [5.41, 5.74) is 5.48. The van der Waals surface area contributed by atoms with Crippen LogP contribution in [0.25, 0.3) is 0 Å². The van der Waals surface area contributed by atoms with Crippen LogP contribution in [0.5, 0.6) is 0 Å². The van der Waals surface area contributed by atoms with E-state index in [-0.39, 0.29) is 6.10 Å². The molecule has 0 fully saturated rings. The predicted octanol–water partition coefficient (Wildman–Crippen LogP) is 5.38. The molecule has 0 aliphatic carbocycles. The Hall–Kier alpha value is -0.820. The summed E-state index contributed by atoms with van der Waals surface area (Å²) >= 11 is 0. The molecule has 0 aromatic heterocycles. The molecule has 0 radical (unpaired) electrons. The molecule has 0 saturated heterocycles. The zero-order valence-electron chi connectivity index (χ0n) is 13.8. The summed E-state index contributed by atoms with van der Waals surface area (Å²) in [7, 11) is 0. The highest BCUT2D eigenvalue weighted by Crippen LogP contribution is 2.30. The van der Waals surface area contributed by atoms with Gasteiger partial charge in [0.05, 0.1) is 6.10 Å². The lowest BCUT2D eigenvalue weighted by Gasteiger charge is -2.21. The van der Waals surface area contributed by atoms with Crippen molar-refractivity contribution in [1.82, 2.24) is 0 Å². The molecule has 1 heteroatoms. The first-order valence-electron chi connectivity index (χ1n) is 8.50. The van der Waals surface area contributed by atoms with Gasteiger partial charge in [-0.1, -0.05) is 65.5 Å². The highest BCUT2D eigenvalue weighted by molar-refractivity contribution is 5.41. The van der Waals surface area contributed by atoms with Gasteiger partial charge in [0.1, 0.15) is 0 Å². The van der Waals surface area contributed by atoms with E-state index >= 15 is 0 Å². The Kier molecular flexibility index (Phi) is 7.91. The third-order valence-electron chi connectivity index (χ3n) is 3.88. The van der Waals surface area contributed by atoms with Crippen LogP contribution in [-0.2, 0) is 19.3 Å². The maximum absolute atomic E-state index is 10.6. The van der Waals surface area contributed by atoms with Gasteiger partial charge in [0.15, 0.2) is 0 Å². The zero-order valence-corrected chi connectivity index (χ0v) is 13.8. The molecule has 0 spiro atoms. The van der Waals surface area contributed by atoms with Crippen LogP contribution in [0, 0.1) is 0 Å². The van der Waals surface area contributed by atoms with Crippen molar-refractivity contribution in [3.05, 3.63) is 34.4 Å². The van der Waals surface area contributed by atoms with Crippen molar-refractivity contribution in [2.24, 2.45) is 0 Å². The fourth-order valence-electron chi connectivity index (χ4n) is 3.08. The van der Waals surface area contributed by atoms with Crippen molar-refractivity contribution >= 4 is 0 Å². The van der Waals surface area contributed by atoms with E-state index in [1.54, 1.807) is 0 Å². The monoisotopic (exact) mass is 276 g/mol. The van der Waals surface area contributed by atoms with E-state index in [9.17, 15) is 5.11 Å². The van der Waals surface area contributed by atoms with E-state index in [2.05, 4.69) is 39.8 Å². The van der Waals surface area contributed by atoms with Crippen molar-refractivity contribution < 1.29 is 5.11 Å². The van der Waals surface area contributed by atoms with E-state index in [0.29, 0.717) is 0 Å². The molecule has 1 atom stereocenters. The van der Waals surface area contributed by atoms with Gasteiger partial charge >= 0.3 is 0 Å². The largest absolute Gasteiger partial charge is 0.388 e. The molecule has 0 amide bonds. The molecule has 0 aliphatic rings. The lowest BCUT2D eigenvalue weighted by atomic mass is 9.87. The minimum Gasteiger partial charge on any atom is -0.388 e. The molecule has 0 saturated carbocycles. The topological polar surface area (TPSA) is 20.2 Å². The van der Waals surface area contributed by atoms with E-state index in [4.69, 9.17) is 0 Å².